The first-order valence-corrected chi connectivity index (χ1v) is 5.12. The average molecular weight is 267 g/mol. The van der Waals surface area contributed by atoms with Crippen LogP contribution in [0.5, 0.6) is 0 Å². The highest BCUT2D eigenvalue weighted by Crippen LogP contribution is 2.30. The minimum atomic E-state index is -0.989. The Balaban J connectivity index is 0.00000256. The highest BCUT2D eigenvalue weighted by Gasteiger charge is 2.51. The average Bonchev–Trinajstić information content (AvgIpc) is 1.98. The van der Waals surface area contributed by atoms with Crippen LogP contribution in [-0.2, 0) is 9.53 Å². The highest BCUT2D eigenvalue weighted by molar-refractivity contribution is 5.85. The molecule has 1 aliphatic heterocycles. The smallest absolute Gasteiger partial charge is 0.410 e. The number of hydrogen-bond donors (Lipinski definition) is 2. The van der Waals surface area contributed by atoms with E-state index in [1.165, 1.54) is 4.90 Å². The summed E-state index contributed by atoms with van der Waals surface area (Å²) in [6.07, 6.45) is -0.488. The first-order chi connectivity index (χ1) is 7.20. The van der Waals surface area contributed by atoms with E-state index in [4.69, 9.17) is 15.6 Å². The van der Waals surface area contributed by atoms with Crippen LogP contribution in [-0.4, -0.2) is 47.3 Å². The second-order valence-corrected chi connectivity index (χ2v) is 5.13. The number of carbonyl (C=O) groups is 2. The van der Waals surface area contributed by atoms with Gasteiger partial charge in [0.15, 0.2) is 0 Å². The lowest BCUT2D eigenvalue weighted by Gasteiger charge is -2.46. The lowest BCUT2D eigenvalue weighted by atomic mass is 9.80. The Bertz CT molecular complexity index is 308. The number of nitrogens with two attached hydrogens (primary N) is 1. The lowest BCUT2D eigenvalue weighted by molar-refractivity contribution is -0.158. The van der Waals surface area contributed by atoms with E-state index >= 15 is 0 Å². The molecule has 3 N–H and O–H groups in total. The number of nitrogens with zero attached hydrogens (tertiary/aromatic N) is 1. The standard InChI is InChI=1S/C10H18N2O4.ClH/c1-9(2,3)16-8(15)12-5-10(4-11,6-12)7(13)14;/h4-6,11H2,1-3H3,(H,13,14);1H. The monoisotopic (exact) mass is 266 g/mol. The zero-order valence-corrected chi connectivity index (χ0v) is 11.0. The quantitative estimate of drug-likeness (QED) is 0.767. The second kappa shape index (κ2) is 5.10. The fourth-order valence-corrected chi connectivity index (χ4v) is 1.49. The zero-order valence-electron chi connectivity index (χ0n) is 10.2. The molecule has 0 saturated carbocycles. The number of carboxylic acid groups (broad SMARTS) is 1. The molecular formula is C10H19ClN2O4. The van der Waals surface area contributed by atoms with E-state index in [2.05, 4.69) is 0 Å². The molecule has 0 aromatic heterocycles. The maximum absolute atomic E-state index is 11.5. The van der Waals surface area contributed by atoms with Crippen LogP contribution in [0, 0.1) is 5.41 Å². The Morgan fingerprint density at radius 1 is 1.41 bits per heavy atom. The summed E-state index contributed by atoms with van der Waals surface area (Å²) in [6, 6.07) is 0. The fraction of sp³-hybridized carbons (Fsp3) is 0.800. The molecular weight excluding hydrogens is 248 g/mol. The number of ether oxygens (including phenoxy) is 1. The van der Waals surface area contributed by atoms with E-state index in [1.807, 2.05) is 0 Å². The van der Waals surface area contributed by atoms with Crippen molar-refractivity contribution < 1.29 is 19.4 Å². The van der Waals surface area contributed by atoms with Crippen molar-refractivity contribution in [2.24, 2.45) is 11.1 Å². The van der Waals surface area contributed by atoms with Gasteiger partial charge in [0.05, 0.1) is 0 Å². The first-order valence-electron chi connectivity index (χ1n) is 5.12. The normalized spacial score (nSPS) is 17.8. The molecule has 1 amide bonds. The second-order valence-electron chi connectivity index (χ2n) is 5.13. The third-order valence-corrected chi connectivity index (χ3v) is 2.48. The number of aliphatic carboxylic acids is 1. The van der Waals surface area contributed by atoms with Gasteiger partial charge < -0.3 is 20.5 Å². The van der Waals surface area contributed by atoms with Crippen molar-refractivity contribution in [1.82, 2.24) is 4.90 Å². The van der Waals surface area contributed by atoms with Crippen molar-refractivity contribution in [3.05, 3.63) is 0 Å². The summed E-state index contributed by atoms with van der Waals surface area (Å²) in [5.41, 5.74) is 3.84. The van der Waals surface area contributed by atoms with Crippen molar-refractivity contribution >= 4 is 24.5 Å². The van der Waals surface area contributed by atoms with Crippen LogP contribution in [0.2, 0.25) is 0 Å². The molecule has 17 heavy (non-hydrogen) atoms. The summed E-state index contributed by atoms with van der Waals surface area (Å²) >= 11 is 0. The number of likely N-dealkylation sites (tertiary alicyclic amines) is 1. The molecule has 0 atom stereocenters. The molecule has 100 valence electrons. The van der Waals surface area contributed by atoms with Crippen LogP contribution in [0.1, 0.15) is 20.8 Å². The third-order valence-electron chi connectivity index (χ3n) is 2.48. The Hall–Kier alpha value is -1.01. The summed E-state index contributed by atoms with van der Waals surface area (Å²) in [7, 11) is 0. The molecule has 0 aromatic carbocycles. The molecule has 0 radical (unpaired) electrons. The van der Waals surface area contributed by atoms with E-state index in [0.717, 1.165) is 0 Å². The van der Waals surface area contributed by atoms with Gasteiger partial charge in [-0.2, -0.15) is 0 Å². The maximum Gasteiger partial charge on any atom is 0.410 e. The molecule has 1 saturated heterocycles. The van der Waals surface area contributed by atoms with E-state index in [0.29, 0.717) is 0 Å². The summed E-state index contributed by atoms with van der Waals surface area (Å²) in [5, 5.41) is 8.96. The predicted molar refractivity (Wildman–Crippen MR) is 64.2 cm³/mol. The van der Waals surface area contributed by atoms with Gasteiger partial charge in [0.1, 0.15) is 11.0 Å². The van der Waals surface area contributed by atoms with Gasteiger partial charge in [0, 0.05) is 19.6 Å². The number of amides is 1. The van der Waals surface area contributed by atoms with Gasteiger partial charge in [0.25, 0.3) is 0 Å². The van der Waals surface area contributed by atoms with Crippen LogP contribution in [0.25, 0.3) is 0 Å². The summed E-state index contributed by atoms with van der Waals surface area (Å²) in [5.74, 6) is -0.963. The molecule has 7 heteroatoms. The van der Waals surface area contributed by atoms with Gasteiger partial charge in [-0.05, 0) is 20.8 Å². The van der Waals surface area contributed by atoms with Gasteiger partial charge in [0.2, 0.25) is 0 Å². The molecule has 0 aromatic rings. The van der Waals surface area contributed by atoms with Crippen LogP contribution in [0.4, 0.5) is 4.79 Å². The molecule has 0 unspecified atom stereocenters. The van der Waals surface area contributed by atoms with Gasteiger partial charge in [-0.3, -0.25) is 4.79 Å². The molecule has 1 fully saturated rings. The summed E-state index contributed by atoms with van der Waals surface area (Å²) < 4.78 is 5.11. The summed E-state index contributed by atoms with van der Waals surface area (Å²) in [6.45, 7) is 5.55. The van der Waals surface area contributed by atoms with Crippen molar-refractivity contribution in [2.45, 2.75) is 26.4 Å². The Morgan fingerprint density at radius 2 is 1.88 bits per heavy atom. The van der Waals surface area contributed by atoms with Gasteiger partial charge >= 0.3 is 12.1 Å². The van der Waals surface area contributed by atoms with Gasteiger partial charge in [-0.15, -0.1) is 12.4 Å². The van der Waals surface area contributed by atoms with Crippen molar-refractivity contribution in [1.29, 1.82) is 0 Å². The summed E-state index contributed by atoms with van der Waals surface area (Å²) in [4.78, 5) is 23.8. The van der Waals surface area contributed by atoms with E-state index in [-0.39, 0.29) is 32.0 Å². The molecule has 1 rings (SSSR count). The Labute approximate surface area is 107 Å². The van der Waals surface area contributed by atoms with Gasteiger partial charge in [-0.25, -0.2) is 4.79 Å². The van der Waals surface area contributed by atoms with E-state index in [1.54, 1.807) is 20.8 Å². The van der Waals surface area contributed by atoms with Crippen LogP contribution >= 0.6 is 12.4 Å². The largest absolute Gasteiger partial charge is 0.481 e. The third kappa shape index (κ3) is 3.47. The Kier molecular flexibility index (Phi) is 4.79. The lowest BCUT2D eigenvalue weighted by Crippen LogP contribution is -2.65. The van der Waals surface area contributed by atoms with Crippen molar-refractivity contribution in [2.75, 3.05) is 19.6 Å². The number of carboxylic acids is 1. The van der Waals surface area contributed by atoms with E-state index in [9.17, 15) is 9.59 Å². The molecule has 1 aliphatic rings. The van der Waals surface area contributed by atoms with Crippen LogP contribution in [0.3, 0.4) is 0 Å². The number of hydrogen-bond acceptors (Lipinski definition) is 4. The number of carbonyl (C=O) groups excluding carboxylic acids is 1. The first kappa shape index (κ1) is 16.0. The maximum atomic E-state index is 11.5. The van der Waals surface area contributed by atoms with Crippen LogP contribution in [0.15, 0.2) is 0 Å². The topological polar surface area (TPSA) is 92.9 Å². The molecule has 0 aliphatic carbocycles. The van der Waals surface area contributed by atoms with Crippen LogP contribution < -0.4 is 5.73 Å². The van der Waals surface area contributed by atoms with Crippen molar-refractivity contribution in [3.8, 4) is 0 Å². The minimum absolute atomic E-state index is 0. The van der Waals surface area contributed by atoms with E-state index < -0.39 is 23.1 Å². The molecule has 0 bridgehead atoms. The molecule has 6 nitrogen and oxygen atoms in total. The molecule has 1 heterocycles. The van der Waals surface area contributed by atoms with Gasteiger partial charge in [-0.1, -0.05) is 0 Å². The fourth-order valence-electron chi connectivity index (χ4n) is 1.49. The Morgan fingerprint density at radius 3 is 2.18 bits per heavy atom. The number of halogens is 1. The SMILES string of the molecule is CC(C)(C)OC(=O)N1CC(CN)(C(=O)O)C1.Cl. The molecule has 0 spiro atoms. The highest BCUT2D eigenvalue weighted by atomic mass is 35.5. The minimum Gasteiger partial charge on any atom is -0.481 e. The number of rotatable bonds is 2. The zero-order chi connectivity index (χ0) is 12.6. The predicted octanol–water partition coefficient (Wildman–Crippen LogP) is 0.689. The van der Waals surface area contributed by atoms with Crippen molar-refractivity contribution in [3.63, 3.8) is 0 Å².